The van der Waals surface area contributed by atoms with Gasteiger partial charge in [-0.3, -0.25) is 4.79 Å². The molecule has 0 radical (unpaired) electrons. The van der Waals surface area contributed by atoms with Crippen molar-refractivity contribution in [2.75, 3.05) is 11.9 Å². The minimum absolute atomic E-state index is 0.0903. The van der Waals surface area contributed by atoms with E-state index < -0.39 is 23.5 Å². The summed E-state index contributed by atoms with van der Waals surface area (Å²) in [5.74, 6) is -3.37. The van der Waals surface area contributed by atoms with E-state index in [0.29, 0.717) is 5.56 Å². The first-order valence-corrected chi connectivity index (χ1v) is 4.53. The summed E-state index contributed by atoms with van der Waals surface area (Å²) in [6.45, 7) is 0.128. The van der Waals surface area contributed by atoms with Crippen LogP contribution in [0.5, 0.6) is 0 Å². The Morgan fingerprint density at radius 1 is 1.47 bits per heavy atom. The molecule has 1 aliphatic rings. The normalized spacial score (nSPS) is 19.2. The topological polar surface area (TPSA) is 49.3 Å². The van der Waals surface area contributed by atoms with Crippen LogP contribution >= 0.6 is 0 Å². The number of nitrogens with one attached hydrogen (secondary N) is 1. The molecule has 3 nitrogen and oxygen atoms in total. The van der Waals surface area contributed by atoms with Crippen molar-refractivity contribution in [3.8, 4) is 0 Å². The molecule has 1 heterocycles. The quantitative estimate of drug-likeness (QED) is 0.745. The van der Waals surface area contributed by atoms with E-state index in [1.54, 1.807) is 0 Å². The molecule has 0 saturated carbocycles. The van der Waals surface area contributed by atoms with E-state index in [1.807, 2.05) is 0 Å². The highest BCUT2D eigenvalue weighted by Gasteiger charge is 2.26. The summed E-state index contributed by atoms with van der Waals surface area (Å²) < 4.78 is 26.1. The van der Waals surface area contributed by atoms with Gasteiger partial charge in [-0.15, -0.1) is 0 Å². The zero-order chi connectivity index (χ0) is 11.0. The van der Waals surface area contributed by atoms with Crippen LogP contribution in [0.2, 0.25) is 0 Å². The zero-order valence-corrected chi connectivity index (χ0v) is 7.76. The maximum Gasteiger partial charge on any atom is 0.308 e. The van der Waals surface area contributed by atoms with Gasteiger partial charge in [-0.2, -0.15) is 0 Å². The third-order valence-corrected chi connectivity index (χ3v) is 2.52. The first-order chi connectivity index (χ1) is 7.09. The number of anilines is 1. The lowest BCUT2D eigenvalue weighted by atomic mass is 9.94. The molecule has 1 aromatic carbocycles. The maximum atomic E-state index is 13.2. The number of fused-ring (bicyclic) bond motifs is 1. The summed E-state index contributed by atoms with van der Waals surface area (Å²) in [6, 6.07) is 2.43. The van der Waals surface area contributed by atoms with Crippen LogP contribution in [0.15, 0.2) is 12.1 Å². The second kappa shape index (κ2) is 3.49. The third kappa shape index (κ3) is 1.65. The van der Waals surface area contributed by atoms with Crippen LogP contribution < -0.4 is 5.32 Å². The fourth-order valence-electron chi connectivity index (χ4n) is 1.69. The Labute approximate surface area is 84.7 Å². The second-order valence-electron chi connectivity index (χ2n) is 3.52. The minimum Gasteiger partial charge on any atom is -0.481 e. The smallest absolute Gasteiger partial charge is 0.308 e. The van der Waals surface area contributed by atoms with E-state index >= 15 is 0 Å². The summed E-state index contributed by atoms with van der Waals surface area (Å²) >= 11 is 0. The van der Waals surface area contributed by atoms with Crippen molar-refractivity contribution in [3.63, 3.8) is 0 Å². The van der Waals surface area contributed by atoms with Gasteiger partial charge in [-0.05, 0) is 18.1 Å². The highest BCUT2D eigenvalue weighted by atomic mass is 19.2. The molecule has 80 valence electrons. The standard InChI is InChI=1S/C10H9F2NO2/c11-7-2-1-5-3-6(10(14)15)4-13-9(5)8(7)12/h1-2,6,13H,3-4H2,(H,14,15)/t6-/m0/s1. The first-order valence-electron chi connectivity index (χ1n) is 4.53. The molecule has 0 bridgehead atoms. The molecule has 0 amide bonds. The number of hydrogen-bond donors (Lipinski definition) is 2. The molecule has 0 fully saturated rings. The van der Waals surface area contributed by atoms with Crippen molar-refractivity contribution >= 4 is 11.7 Å². The molecule has 1 aromatic rings. The van der Waals surface area contributed by atoms with E-state index in [1.165, 1.54) is 6.07 Å². The second-order valence-corrected chi connectivity index (χ2v) is 3.52. The van der Waals surface area contributed by atoms with Crippen molar-refractivity contribution in [1.82, 2.24) is 0 Å². The molecule has 0 unspecified atom stereocenters. The lowest BCUT2D eigenvalue weighted by molar-refractivity contribution is -0.141. The number of carbonyl (C=O) groups is 1. The molecule has 15 heavy (non-hydrogen) atoms. The number of halogens is 2. The van der Waals surface area contributed by atoms with Crippen LogP contribution in [0.25, 0.3) is 0 Å². The van der Waals surface area contributed by atoms with Gasteiger partial charge in [0.1, 0.15) is 0 Å². The highest BCUT2D eigenvalue weighted by Crippen LogP contribution is 2.28. The predicted molar refractivity (Wildman–Crippen MR) is 49.7 cm³/mol. The van der Waals surface area contributed by atoms with Crippen molar-refractivity contribution < 1.29 is 18.7 Å². The summed E-state index contributed by atoms with van der Waals surface area (Å²) in [5.41, 5.74) is 0.597. The lowest BCUT2D eigenvalue weighted by Crippen LogP contribution is -2.30. The molecule has 0 spiro atoms. The molecule has 2 N–H and O–H groups in total. The largest absolute Gasteiger partial charge is 0.481 e. The number of benzene rings is 1. The van der Waals surface area contributed by atoms with Crippen molar-refractivity contribution in [2.45, 2.75) is 6.42 Å². The molecule has 1 aliphatic heterocycles. The molecule has 1 atom stereocenters. The summed E-state index contributed by atoms with van der Waals surface area (Å²) in [4.78, 5) is 10.7. The Hall–Kier alpha value is -1.65. The van der Waals surface area contributed by atoms with Crippen LogP contribution in [-0.2, 0) is 11.2 Å². The van der Waals surface area contributed by atoms with Gasteiger partial charge in [0.05, 0.1) is 11.6 Å². The number of rotatable bonds is 1. The Morgan fingerprint density at radius 2 is 2.20 bits per heavy atom. The van der Waals surface area contributed by atoms with Crippen molar-refractivity contribution in [3.05, 3.63) is 29.3 Å². The number of aliphatic carboxylic acids is 1. The van der Waals surface area contributed by atoms with E-state index in [2.05, 4.69) is 5.32 Å². The average Bonchev–Trinajstić information content (AvgIpc) is 2.23. The Balaban J connectivity index is 2.36. The Morgan fingerprint density at radius 3 is 2.87 bits per heavy atom. The van der Waals surface area contributed by atoms with E-state index in [9.17, 15) is 13.6 Å². The van der Waals surface area contributed by atoms with Gasteiger partial charge in [-0.1, -0.05) is 6.07 Å². The lowest BCUT2D eigenvalue weighted by Gasteiger charge is -2.23. The fraction of sp³-hybridized carbons (Fsp3) is 0.300. The Bertz CT molecular complexity index is 420. The van der Waals surface area contributed by atoms with E-state index in [-0.39, 0.29) is 18.7 Å². The Kier molecular flexibility index (Phi) is 2.30. The third-order valence-electron chi connectivity index (χ3n) is 2.52. The predicted octanol–water partition coefficient (Wildman–Crippen LogP) is 1.63. The van der Waals surface area contributed by atoms with Gasteiger partial charge in [0.2, 0.25) is 0 Å². The number of hydrogen-bond acceptors (Lipinski definition) is 2. The monoisotopic (exact) mass is 213 g/mol. The molecular weight excluding hydrogens is 204 g/mol. The van der Waals surface area contributed by atoms with Crippen molar-refractivity contribution in [1.29, 1.82) is 0 Å². The van der Waals surface area contributed by atoms with Crippen LogP contribution in [0.1, 0.15) is 5.56 Å². The maximum absolute atomic E-state index is 13.2. The first kappa shape index (κ1) is 9.89. The molecule has 0 aliphatic carbocycles. The number of carboxylic acid groups (broad SMARTS) is 1. The molecule has 0 aromatic heterocycles. The van der Waals surface area contributed by atoms with Gasteiger partial charge in [-0.25, -0.2) is 8.78 Å². The number of carboxylic acids is 1. The van der Waals surface area contributed by atoms with Gasteiger partial charge in [0, 0.05) is 6.54 Å². The zero-order valence-electron chi connectivity index (χ0n) is 7.76. The van der Waals surface area contributed by atoms with Gasteiger partial charge in [0.25, 0.3) is 0 Å². The van der Waals surface area contributed by atoms with Crippen molar-refractivity contribution in [2.24, 2.45) is 5.92 Å². The SMILES string of the molecule is O=C(O)[C@@H]1CNc2c(ccc(F)c2F)C1. The van der Waals surface area contributed by atoms with Crippen LogP contribution in [0.4, 0.5) is 14.5 Å². The van der Waals surface area contributed by atoms with Gasteiger partial charge < -0.3 is 10.4 Å². The average molecular weight is 213 g/mol. The molecule has 2 rings (SSSR count). The van der Waals surface area contributed by atoms with Crippen LogP contribution in [0, 0.1) is 17.6 Å². The van der Waals surface area contributed by atoms with Crippen LogP contribution in [0.3, 0.4) is 0 Å². The van der Waals surface area contributed by atoms with Gasteiger partial charge in [0.15, 0.2) is 11.6 Å². The van der Waals surface area contributed by atoms with E-state index in [0.717, 1.165) is 6.07 Å². The fourth-order valence-corrected chi connectivity index (χ4v) is 1.69. The van der Waals surface area contributed by atoms with E-state index in [4.69, 9.17) is 5.11 Å². The van der Waals surface area contributed by atoms with Gasteiger partial charge >= 0.3 is 5.97 Å². The molecular formula is C10H9F2NO2. The minimum atomic E-state index is -0.934. The summed E-state index contributed by atoms with van der Waals surface area (Å²) in [7, 11) is 0. The molecule has 5 heteroatoms. The van der Waals surface area contributed by atoms with Crippen LogP contribution in [-0.4, -0.2) is 17.6 Å². The summed E-state index contributed by atoms with van der Waals surface area (Å²) in [5, 5.41) is 11.4. The molecule has 0 saturated heterocycles. The highest BCUT2D eigenvalue weighted by molar-refractivity contribution is 5.73. The summed E-state index contributed by atoms with van der Waals surface area (Å²) in [6.07, 6.45) is 0.231.